The van der Waals surface area contributed by atoms with Gasteiger partial charge in [0.1, 0.15) is 0 Å². The molecule has 1 saturated heterocycles. The van der Waals surface area contributed by atoms with Crippen molar-refractivity contribution in [1.29, 1.82) is 0 Å². The average Bonchev–Trinajstić information content (AvgIpc) is 2.63. The monoisotopic (exact) mass is 370 g/mol. The number of aliphatic imine (C=N–C) groups is 1. The lowest BCUT2D eigenvalue weighted by Gasteiger charge is -2.42. The molecule has 1 heterocycles. The van der Waals surface area contributed by atoms with E-state index in [1.165, 1.54) is 38.6 Å². The third kappa shape index (κ3) is 6.99. The molecular formula is C19H38N4OS. The SMILES string of the molecule is CN=C(NCC1(CN2CCOCC2)CCCCC1)NCC(C)(C)SC. The van der Waals surface area contributed by atoms with Crippen molar-refractivity contribution >= 4 is 17.7 Å². The van der Waals surface area contributed by atoms with Crippen LogP contribution in [0.2, 0.25) is 0 Å². The molecule has 5 nitrogen and oxygen atoms in total. The molecule has 1 aliphatic heterocycles. The van der Waals surface area contributed by atoms with Crippen LogP contribution in [0.1, 0.15) is 46.0 Å². The minimum absolute atomic E-state index is 0.216. The van der Waals surface area contributed by atoms with E-state index < -0.39 is 0 Å². The summed E-state index contributed by atoms with van der Waals surface area (Å²) in [6.45, 7) is 11.6. The summed E-state index contributed by atoms with van der Waals surface area (Å²) in [4.78, 5) is 7.04. The number of ether oxygens (including phenoxy) is 1. The van der Waals surface area contributed by atoms with Crippen LogP contribution in [0.4, 0.5) is 0 Å². The highest BCUT2D eigenvalue weighted by atomic mass is 32.2. The van der Waals surface area contributed by atoms with E-state index in [2.05, 4.69) is 40.6 Å². The first-order chi connectivity index (χ1) is 12.0. The van der Waals surface area contributed by atoms with Crippen LogP contribution in [0.5, 0.6) is 0 Å². The summed E-state index contributed by atoms with van der Waals surface area (Å²) in [6.07, 6.45) is 8.92. The number of thioether (sulfide) groups is 1. The maximum Gasteiger partial charge on any atom is 0.191 e. The number of morpholine rings is 1. The molecule has 1 saturated carbocycles. The molecule has 2 N–H and O–H groups in total. The van der Waals surface area contributed by atoms with Crippen LogP contribution in [0.15, 0.2) is 4.99 Å². The van der Waals surface area contributed by atoms with Crippen molar-refractivity contribution in [3.05, 3.63) is 0 Å². The van der Waals surface area contributed by atoms with Gasteiger partial charge < -0.3 is 15.4 Å². The average molecular weight is 371 g/mol. The zero-order valence-electron chi connectivity index (χ0n) is 16.7. The van der Waals surface area contributed by atoms with Gasteiger partial charge in [-0.25, -0.2) is 0 Å². The van der Waals surface area contributed by atoms with Gasteiger partial charge in [-0.05, 0) is 32.9 Å². The van der Waals surface area contributed by atoms with Crippen LogP contribution in [-0.4, -0.2) is 74.8 Å². The minimum Gasteiger partial charge on any atom is -0.379 e. The van der Waals surface area contributed by atoms with Gasteiger partial charge in [-0.15, -0.1) is 0 Å². The second-order valence-electron chi connectivity index (χ2n) is 8.19. The van der Waals surface area contributed by atoms with E-state index in [1.54, 1.807) is 0 Å². The molecule has 25 heavy (non-hydrogen) atoms. The predicted octanol–water partition coefficient (Wildman–Crippen LogP) is 2.58. The Hall–Kier alpha value is -0.460. The summed E-state index contributed by atoms with van der Waals surface area (Å²) < 4.78 is 5.74. The first-order valence-electron chi connectivity index (χ1n) is 9.78. The molecule has 0 spiro atoms. The van der Waals surface area contributed by atoms with Gasteiger partial charge in [0.25, 0.3) is 0 Å². The largest absolute Gasteiger partial charge is 0.379 e. The normalized spacial score (nSPS) is 22.6. The van der Waals surface area contributed by atoms with Crippen molar-refractivity contribution in [2.24, 2.45) is 10.4 Å². The molecule has 6 heteroatoms. The Labute approximate surface area is 158 Å². The number of rotatable bonds is 7. The molecule has 0 aromatic rings. The maximum atomic E-state index is 5.52. The smallest absolute Gasteiger partial charge is 0.191 e. The number of hydrogen-bond acceptors (Lipinski definition) is 4. The predicted molar refractivity (Wildman–Crippen MR) is 110 cm³/mol. The van der Waals surface area contributed by atoms with E-state index in [9.17, 15) is 0 Å². The third-order valence-corrected chi connectivity index (χ3v) is 6.92. The van der Waals surface area contributed by atoms with Crippen LogP contribution in [0.3, 0.4) is 0 Å². The molecule has 0 atom stereocenters. The van der Waals surface area contributed by atoms with E-state index in [0.29, 0.717) is 5.41 Å². The van der Waals surface area contributed by atoms with E-state index in [4.69, 9.17) is 4.74 Å². The summed E-state index contributed by atoms with van der Waals surface area (Å²) in [5, 5.41) is 7.14. The number of guanidine groups is 1. The summed E-state index contributed by atoms with van der Waals surface area (Å²) >= 11 is 1.88. The van der Waals surface area contributed by atoms with Crippen LogP contribution in [0.25, 0.3) is 0 Å². The van der Waals surface area contributed by atoms with Crippen molar-refractivity contribution in [1.82, 2.24) is 15.5 Å². The molecule has 0 aromatic heterocycles. The second kappa shape index (κ2) is 10.0. The van der Waals surface area contributed by atoms with Crippen LogP contribution >= 0.6 is 11.8 Å². The molecule has 2 aliphatic rings. The lowest BCUT2D eigenvalue weighted by atomic mass is 9.73. The van der Waals surface area contributed by atoms with E-state index in [-0.39, 0.29) is 4.75 Å². The molecule has 2 rings (SSSR count). The van der Waals surface area contributed by atoms with Gasteiger partial charge in [0, 0.05) is 49.9 Å². The Balaban J connectivity index is 1.89. The van der Waals surface area contributed by atoms with Gasteiger partial charge in [0.2, 0.25) is 0 Å². The Bertz CT molecular complexity index is 416. The summed E-state index contributed by atoms with van der Waals surface area (Å²) in [6, 6.07) is 0. The van der Waals surface area contributed by atoms with Gasteiger partial charge in [-0.2, -0.15) is 11.8 Å². The fourth-order valence-electron chi connectivity index (χ4n) is 3.79. The van der Waals surface area contributed by atoms with Gasteiger partial charge in [0.15, 0.2) is 5.96 Å². The van der Waals surface area contributed by atoms with Crippen molar-refractivity contribution < 1.29 is 4.74 Å². The van der Waals surface area contributed by atoms with E-state index in [0.717, 1.165) is 45.4 Å². The highest BCUT2D eigenvalue weighted by Crippen LogP contribution is 2.36. The van der Waals surface area contributed by atoms with Gasteiger partial charge >= 0.3 is 0 Å². The molecule has 0 bridgehead atoms. The Morgan fingerprint density at radius 2 is 1.84 bits per heavy atom. The Morgan fingerprint density at radius 1 is 1.16 bits per heavy atom. The molecule has 0 aromatic carbocycles. The summed E-state index contributed by atoms with van der Waals surface area (Å²) in [5.74, 6) is 0.939. The van der Waals surface area contributed by atoms with Crippen LogP contribution in [0, 0.1) is 5.41 Å². The fraction of sp³-hybridized carbons (Fsp3) is 0.947. The minimum atomic E-state index is 0.216. The van der Waals surface area contributed by atoms with Gasteiger partial charge in [-0.3, -0.25) is 9.89 Å². The zero-order chi connectivity index (χ0) is 18.2. The molecule has 2 fully saturated rings. The summed E-state index contributed by atoms with van der Waals surface area (Å²) in [5.41, 5.74) is 0.377. The van der Waals surface area contributed by atoms with Crippen molar-refractivity contribution in [2.45, 2.75) is 50.7 Å². The number of hydrogen-bond donors (Lipinski definition) is 2. The van der Waals surface area contributed by atoms with Crippen molar-refractivity contribution in [2.75, 3.05) is 59.2 Å². The maximum absolute atomic E-state index is 5.52. The lowest BCUT2D eigenvalue weighted by Crippen LogP contribution is -2.52. The van der Waals surface area contributed by atoms with Crippen LogP contribution in [-0.2, 0) is 4.74 Å². The Morgan fingerprint density at radius 3 is 2.44 bits per heavy atom. The third-order valence-electron chi connectivity index (χ3n) is 5.67. The first-order valence-corrected chi connectivity index (χ1v) is 11.0. The lowest BCUT2D eigenvalue weighted by molar-refractivity contribution is 0.00820. The van der Waals surface area contributed by atoms with Crippen molar-refractivity contribution in [3.8, 4) is 0 Å². The van der Waals surface area contributed by atoms with Crippen molar-refractivity contribution in [3.63, 3.8) is 0 Å². The molecule has 0 amide bonds. The quantitative estimate of drug-likeness (QED) is 0.533. The molecular weight excluding hydrogens is 332 g/mol. The highest BCUT2D eigenvalue weighted by molar-refractivity contribution is 7.99. The number of nitrogens with zero attached hydrogens (tertiary/aromatic N) is 2. The number of nitrogens with one attached hydrogen (secondary N) is 2. The first kappa shape index (κ1) is 20.8. The van der Waals surface area contributed by atoms with Gasteiger partial charge in [-0.1, -0.05) is 19.3 Å². The Kier molecular flexibility index (Phi) is 8.36. The van der Waals surface area contributed by atoms with Crippen LogP contribution < -0.4 is 10.6 Å². The summed E-state index contributed by atoms with van der Waals surface area (Å²) in [7, 11) is 1.87. The van der Waals surface area contributed by atoms with Gasteiger partial charge in [0.05, 0.1) is 13.2 Å². The van der Waals surface area contributed by atoms with E-state index >= 15 is 0 Å². The standard InChI is InChI=1S/C19H38N4OS/c1-18(2,25-4)14-21-17(20-3)22-15-19(8-6-5-7-9-19)16-23-10-12-24-13-11-23/h5-16H2,1-4H3,(H2,20,21,22). The molecule has 146 valence electrons. The highest BCUT2D eigenvalue weighted by Gasteiger charge is 2.34. The molecule has 0 radical (unpaired) electrons. The second-order valence-corrected chi connectivity index (χ2v) is 9.71. The molecule has 1 aliphatic carbocycles. The topological polar surface area (TPSA) is 48.9 Å². The fourth-order valence-corrected chi connectivity index (χ4v) is 4.00. The molecule has 0 unspecified atom stereocenters. The zero-order valence-corrected chi connectivity index (χ0v) is 17.5. The van der Waals surface area contributed by atoms with E-state index in [1.807, 2.05) is 18.8 Å².